The van der Waals surface area contributed by atoms with Gasteiger partial charge in [-0.1, -0.05) is 19.1 Å². The minimum Gasteiger partial charge on any atom is -0.374 e. The van der Waals surface area contributed by atoms with Crippen LogP contribution in [0.1, 0.15) is 26.7 Å². The maximum atomic E-state index is 12.5. The second kappa shape index (κ2) is 9.18. The summed E-state index contributed by atoms with van der Waals surface area (Å²) in [6.45, 7) is 6.47. The van der Waals surface area contributed by atoms with Crippen LogP contribution in [0.2, 0.25) is 0 Å². The van der Waals surface area contributed by atoms with Crippen LogP contribution in [-0.2, 0) is 4.79 Å². The van der Waals surface area contributed by atoms with E-state index in [1.807, 2.05) is 37.4 Å². The van der Waals surface area contributed by atoms with E-state index in [0.29, 0.717) is 0 Å². The second-order valence-electron chi connectivity index (χ2n) is 7.27. The fourth-order valence-corrected chi connectivity index (χ4v) is 3.89. The maximum Gasteiger partial charge on any atom is 0.246 e. The number of benzene rings is 2. The second-order valence-corrected chi connectivity index (χ2v) is 8.12. The molecule has 0 bridgehead atoms. The third-order valence-electron chi connectivity index (χ3n) is 5.16. The number of anilines is 3. The van der Waals surface area contributed by atoms with Gasteiger partial charge in [-0.25, -0.2) is 0 Å². The van der Waals surface area contributed by atoms with Crippen LogP contribution >= 0.6 is 11.8 Å². The van der Waals surface area contributed by atoms with Gasteiger partial charge in [0.05, 0.1) is 5.69 Å². The summed E-state index contributed by atoms with van der Waals surface area (Å²) in [6.07, 6.45) is 4.53. The Morgan fingerprint density at radius 2 is 1.78 bits per heavy atom. The predicted octanol–water partition coefficient (Wildman–Crippen LogP) is 5.08. The summed E-state index contributed by atoms with van der Waals surface area (Å²) in [7, 11) is 0. The molecule has 2 aromatic carbocycles. The molecule has 1 aliphatic heterocycles. The van der Waals surface area contributed by atoms with Gasteiger partial charge in [-0.2, -0.15) is 0 Å². The van der Waals surface area contributed by atoms with E-state index < -0.39 is 0 Å². The summed E-state index contributed by atoms with van der Waals surface area (Å²) < 4.78 is 0. The molecule has 3 rings (SSSR count). The standard InChI is InChI=1S/C22H29N3OS/c1-16-12-14-25(15-13-16)19-10-8-18(9-11-19)23-17(2)22(26)24-20-6-4-5-7-21(20)27-3/h4-11,16-17,23H,12-15H2,1-3H3,(H,24,26)/t17-/m0/s1. The van der Waals surface area contributed by atoms with Gasteiger partial charge in [-0.15, -0.1) is 11.8 Å². The molecule has 5 heteroatoms. The molecule has 27 heavy (non-hydrogen) atoms. The molecule has 0 unspecified atom stereocenters. The maximum absolute atomic E-state index is 12.5. The molecule has 0 spiro atoms. The van der Waals surface area contributed by atoms with Crippen LogP contribution in [0.4, 0.5) is 17.1 Å². The number of hydrogen-bond donors (Lipinski definition) is 2. The lowest BCUT2D eigenvalue weighted by Crippen LogP contribution is -2.33. The highest BCUT2D eigenvalue weighted by Gasteiger charge is 2.17. The lowest BCUT2D eigenvalue weighted by atomic mass is 9.99. The Morgan fingerprint density at radius 1 is 1.11 bits per heavy atom. The highest BCUT2D eigenvalue weighted by molar-refractivity contribution is 7.98. The highest BCUT2D eigenvalue weighted by Crippen LogP contribution is 2.26. The molecule has 2 N–H and O–H groups in total. The van der Waals surface area contributed by atoms with Crippen LogP contribution in [0.3, 0.4) is 0 Å². The van der Waals surface area contributed by atoms with E-state index in [9.17, 15) is 4.79 Å². The molecule has 144 valence electrons. The van der Waals surface area contributed by atoms with E-state index >= 15 is 0 Å². The molecule has 1 saturated heterocycles. The molecule has 2 aromatic rings. The van der Waals surface area contributed by atoms with Gasteiger partial charge in [0.1, 0.15) is 6.04 Å². The third-order valence-corrected chi connectivity index (χ3v) is 5.95. The summed E-state index contributed by atoms with van der Waals surface area (Å²) in [5, 5.41) is 6.32. The lowest BCUT2D eigenvalue weighted by molar-refractivity contribution is -0.116. The number of carbonyl (C=O) groups excluding carboxylic acids is 1. The molecule has 1 heterocycles. The zero-order valence-corrected chi connectivity index (χ0v) is 17.2. The van der Waals surface area contributed by atoms with Crippen LogP contribution in [-0.4, -0.2) is 31.3 Å². The molecule has 0 saturated carbocycles. The van der Waals surface area contributed by atoms with Gasteiger partial charge in [0.2, 0.25) is 5.91 Å². The minimum atomic E-state index is -0.318. The van der Waals surface area contributed by atoms with E-state index in [-0.39, 0.29) is 11.9 Å². The van der Waals surface area contributed by atoms with Gasteiger partial charge in [0, 0.05) is 29.4 Å². The Labute approximate surface area is 166 Å². The van der Waals surface area contributed by atoms with E-state index in [0.717, 1.165) is 35.3 Å². The molecule has 0 radical (unpaired) electrons. The normalized spacial score (nSPS) is 16.0. The van der Waals surface area contributed by atoms with Gasteiger partial charge in [0.15, 0.2) is 0 Å². The van der Waals surface area contributed by atoms with Crippen molar-refractivity contribution in [1.29, 1.82) is 0 Å². The van der Waals surface area contributed by atoms with E-state index in [1.54, 1.807) is 11.8 Å². The summed E-state index contributed by atoms with van der Waals surface area (Å²) in [6, 6.07) is 16.0. The van der Waals surface area contributed by atoms with E-state index in [4.69, 9.17) is 0 Å². The first-order valence-electron chi connectivity index (χ1n) is 9.62. The van der Waals surface area contributed by atoms with Crippen molar-refractivity contribution in [2.75, 3.05) is 34.9 Å². The number of para-hydroxylation sites is 1. The van der Waals surface area contributed by atoms with Crippen molar-refractivity contribution in [2.45, 2.75) is 37.6 Å². The molecular formula is C22H29N3OS. The van der Waals surface area contributed by atoms with Crippen molar-refractivity contribution in [3.8, 4) is 0 Å². The monoisotopic (exact) mass is 383 g/mol. The first-order valence-corrected chi connectivity index (χ1v) is 10.8. The van der Waals surface area contributed by atoms with Gasteiger partial charge in [-0.05, 0) is 68.3 Å². The zero-order valence-electron chi connectivity index (χ0n) is 16.4. The van der Waals surface area contributed by atoms with E-state index in [2.05, 4.69) is 46.7 Å². The van der Waals surface area contributed by atoms with Crippen molar-refractivity contribution < 1.29 is 4.79 Å². The molecule has 4 nitrogen and oxygen atoms in total. The zero-order chi connectivity index (χ0) is 19.2. The van der Waals surface area contributed by atoms with Crippen LogP contribution in [0.15, 0.2) is 53.4 Å². The highest BCUT2D eigenvalue weighted by atomic mass is 32.2. The summed E-state index contributed by atoms with van der Waals surface area (Å²) >= 11 is 1.63. The molecule has 0 aliphatic carbocycles. The Bertz CT molecular complexity index is 754. The third kappa shape index (κ3) is 5.19. The number of carbonyl (C=O) groups is 1. The number of hydrogen-bond acceptors (Lipinski definition) is 4. The number of piperidine rings is 1. The topological polar surface area (TPSA) is 44.4 Å². The number of amides is 1. The van der Waals surface area contributed by atoms with Crippen molar-refractivity contribution in [2.24, 2.45) is 5.92 Å². The predicted molar refractivity (Wildman–Crippen MR) is 117 cm³/mol. The Kier molecular flexibility index (Phi) is 6.67. The molecule has 1 aliphatic rings. The molecule has 1 amide bonds. The van der Waals surface area contributed by atoms with Gasteiger partial charge < -0.3 is 15.5 Å². The number of nitrogens with zero attached hydrogens (tertiary/aromatic N) is 1. The molecule has 1 atom stereocenters. The van der Waals surface area contributed by atoms with Crippen molar-refractivity contribution in [3.63, 3.8) is 0 Å². The summed E-state index contributed by atoms with van der Waals surface area (Å²) in [5.74, 6) is 0.795. The Hall–Kier alpha value is -2.14. The molecule has 0 aromatic heterocycles. The quantitative estimate of drug-likeness (QED) is 0.683. The fourth-order valence-electron chi connectivity index (χ4n) is 3.34. The fraction of sp³-hybridized carbons (Fsp3) is 0.409. The smallest absolute Gasteiger partial charge is 0.246 e. The lowest BCUT2D eigenvalue weighted by Gasteiger charge is -2.32. The number of nitrogens with one attached hydrogen (secondary N) is 2. The van der Waals surface area contributed by atoms with Gasteiger partial charge >= 0.3 is 0 Å². The molecule has 1 fully saturated rings. The SMILES string of the molecule is CSc1ccccc1NC(=O)[C@H](C)Nc1ccc(N2CCC(C)CC2)cc1. The van der Waals surface area contributed by atoms with Gasteiger partial charge in [-0.3, -0.25) is 4.79 Å². The average molecular weight is 384 g/mol. The number of thioether (sulfide) groups is 1. The summed E-state index contributed by atoms with van der Waals surface area (Å²) in [4.78, 5) is 16.1. The van der Waals surface area contributed by atoms with Crippen molar-refractivity contribution in [3.05, 3.63) is 48.5 Å². The summed E-state index contributed by atoms with van der Waals surface area (Å²) in [5.41, 5.74) is 3.08. The van der Waals surface area contributed by atoms with Crippen LogP contribution < -0.4 is 15.5 Å². The van der Waals surface area contributed by atoms with Gasteiger partial charge in [0.25, 0.3) is 0 Å². The van der Waals surface area contributed by atoms with Crippen LogP contribution in [0, 0.1) is 5.92 Å². The Morgan fingerprint density at radius 3 is 2.44 bits per heavy atom. The first kappa shape index (κ1) is 19.6. The Balaban J connectivity index is 1.57. The first-order chi connectivity index (χ1) is 13.1. The minimum absolute atomic E-state index is 0.0365. The molecular weight excluding hydrogens is 354 g/mol. The largest absolute Gasteiger partial charge is 0.374 e. The van der Waals surface area contributed by atoms with Crippen molar-refractivity contribution >= 4 is 34.7 Å². The van der Waals surface area contributed by atoms with Crippen LogP contribution in [0.25, 0.3) is 0 Å². The number of rotatable bonds is 6. The van der Waals surface area contributed by atoms with Crippen molar-refractivity contribution in [1.82, 2.24) is 0 Å². The van der Waals surface area contributed by atoms with E-state index in [1.165, 1.54) is 18.5 Å². The van der Waals surface area contributed by atoms with Crippen LogP contribution in [0.5, 0.6) is 0 Å². The average Bonchev–Trinajstić information content (AvgIpc) is 2.69.